The molecular weight excluding hydrogens is 773 g/mol. The molecule has 1 heterocycles. The van der Waals surface area contributed by atoms with Crippen LogP contribution in [0.3, 0.4) is 0 Å². The van der Waals surface area contributed by atoms with Crippen LogP contribution >= 0.6 is 0 Å². The first-order chi connectivity index (χ1) is 28.4. The van der Waals surface area contributed by atoms with Gasteiger partial charge in [0, 0.05) is 42.4 Å². The average molecular weight is 823 g/mol. The molecule has 13 nitrogen and oxygen atoms in total. The molecule has 2 bridgehead atoms. The number of hydrogen-bond donors (Lipinski definition) is 3. The molecule has 3 aromatic rings. The summed E-state index contributed by atoms with van der Waals surface area (Å²) >= 11 is 0. The zero-order valence-electron chi connectivity index (χ0n) is 34.4. The van der Waals surface area contributed by atoms with Crippen molar-refractivity contribution in [2.24, 2.45) is 16.7 Å². The Morgan fingerprint density at radius 1 is 0.883 bits per heavy atom. The number of hydrogen-bond acceptors (Lipinski definition) is 13. The van der Waals surface area contributed by atoms with Gasteiger partial charge in [-0.05, 0) is 80.0 Å². The predicted molar refractivity (Wildman–Crippen MR) is 216 cm³/mol. The van der Waals surface area contributed by atoms with Crippen LogP contribution in [0, 0.1) is 16.7 Å². The van der Waals surface area contributed by atoms with Crippen molar-refractivity contribution in [1.29, 1.82) is 0 Å². The second kappa shape index (κ2) is 15.9. The molecule has 60 heavy (non-hydrogen) atoms. The van der Waals surface area contributed by atoms with E-state index in [1.165, 1.54) is 38.1 Å². The average Bonchev–Trinajstić information content (AvgIpc) is 3.22. The third-order valence-corrected chi connectivity index (χ3v) is 13.2. The summed E-state index contributed by atoms with van der Waals surface area (Å²) in [4.78, 5) is 68.5. The molecule has 3 aromatic carbocycles. The van der Waals surface area contributed by atoms with Crippen molar-refractivity contribution < 1.29 is 63.0 Å². The number of ketones is 2. The quantitative estimate of drug-likeness (QED) is 0.0817. The molecule has 316 valence electrons. The highest BCUT2D eigenvalue weighted by molar-refractivity contribution is 6.09. The molecule has 3 aliphatic carbocycles. The number of fused-ring (bicyclic) bond motifs is 5. The topological polar surface area (TPSA) is 192 Å². The van der Waals surface area contributed by atoms with Crippen LogP contribution in [0.4, 0.5) is 0 Å². The normalized spacial score (nSPS) is 31.7. The zero-order chi connectivity index (χ0) is 43.4. The number of aliphatic hydroxyl groups excluding tert-OH is 2. The number of rotatable bonds is 10. The molecule has 0 radical (unpaired) electrons. The van der Waals surface area contributed by atoms with Crippen LogP contribution in [-0.4, -0.2) is 99.7 Å². The summed E-state index contributed by atoms with van der Waals surface area (Å²) in [6, 6.07) is 21.4. The zero-order valence-corrected chi connectivity index (χ0v) is 34.4. The van der Waals surface area contributed by atoms with Crippen LogP contribution in [0.5, 0.6) is 5.75 Å². The molecule has 3 N–H and O–H groups in total. The summed E-state index contributed by atoms with van der Waals surface area (Å²) in [5, 5.41) is 37.3. The van der Waals surface area contributed by atoms with E-state index < -0.39 is 82.2 Å². The van der Waals surface area contributed by atoms with E-state index in [-0.39, 0.29) is 36.4 Å². The Balaban J connectivity index is 1.24. The number of benzene rings is 3. The molecule has 13 heteroatoms. The van der Waals surface area contributed by atoms with Gasteiger partial charge in [0.1, 0.15) is 35.8 Å². The van der Waals surface area contributed by atoms with Crippen LogP contribution in [0.2, 0.25) is 0 Å². The molecule has 7 rings (SSSR count). The van der Waals surface area contributed by atoms with Crippen molar-refractivity contribution in [2.45, 2.75) is 96.1 Å². The van der Waals surface area contributed by atoms with Crippen molar-refractivity contribution in [2.75, 3.05) is 13.2 Å². The number of Topliss-reactive ketones (excluding diaryl/α,β-unsaturated/α-hetero) is 1. The van der Waals surface area contributed by atoms with Crippen LogP contribution < -0.4 is 4.74 Å². The third-order valence-electron chi connectivity index (χ3n) is 13.2. The summed E-state index contributed by atoms with van der Waals surface area (Å²) in [6.07, 6.45) is -5.16. The van der Waals surface area contributed by atoms with Crippen molar-refractivity contribution in [3.05, 3.63) is 118 Å². The Morgan fingerprint density at radius 2 is 1.52 bits per heavy atom. The Hall–Kier alpha value is -5.47. The van der Waals surface area contributed by atoms with E-state index in [1.807, 2.05) is 6.92 Å². The SMILES string of the molecule is CCOc1ccc(C(=O)c2ccc(/C=C/C(=O)O[C@H]3C[C@@]4(O)[C@@H](OC(=O)c5ccccc5)[C@@H]5[C@]6(OC(C)=O)CO[C@@H]6C[C@H](O)[C@@]5(C)C(=O)[C@H](O)C(=C3C)C4(C)C)cc2)cc1. The van der Waals surface area contributed by atoms with Gasteiger partial charge in [0.2, 0.25) is 0 Å². The fourth-order valence-electron chi connectivity index (χ4n) is 9.90. The van der Waals surface area contributed by atoms with Crippen LogP contribution in [0.25, 0.3) is 6.08 Å². The van der Waals surface area contributed by atoms with Gasteiger partial charge in [-0.15, -0.1) is 0 Å². The summed E-state index contributed by atoms with van der Waals surface area (Å²) in [5.41, 5.74) is -5.44. The van der Waals surface area contributed by atoms with Gasteiger partial charge in [-0.3, -0.25) is 14.4 Å². The lowest BCUT2D eigenvalue weighted by Gasteiger charge is -2.67. The highest BCUT2D eigenvalue weighted by atomic mass is 16.6. The van der Waals surface area contributed by atoms with Crippen molar-refractivity contribution in [1.82, 2.24) is 0 Å². The minimum Gasteiger partial charge on any atom is -0.494 e. The first kappa shape index (κ1) is 42.6. The van der Waals surface area contributed by atoms with E-state index in [0.29, 0.717) is 34.6 Å². The molecule has 1 saturated heterocycles. The first-order valence-electron chi connectivity index (χ1n) is 20.1. The molecular formula is C47H50O13. The molecule has 1 aliphatic heterocycles. The van der Waals surface area contributed by atoms with Gasteiger partial charge in [-0.25, -0.2) is 9.59 Å². The van der Waals surface area contributed by atoms with Crippen LogP contribution in [0.1, 0.15) is 86.2 Å². The highest BCUT2D eigenvalue weighted by Crippen LogP contribution is 2.64. The Labute approximate surface area is 347 Å². The number of ether oxygens (including phenoxy) is 5. The Bertz CT molecular complexity index is 2240. The summed E-state index contributed by atoms with van der Waals surface area (Å²) in [6.45, 7) is 9.54. The van der Waals surface area contributed by atoms with Gasteiger partial charge in [-0.2, -0.15) is 0 Å². The fraction of sp³-hybridized carbons (Fsp3) is 0.426. The fourth-order valence-corrected chi connectivity index (χ4v) is 9.90. The van der Waals surface area contributed by atoms with Gasteiger partial charge in [-0.1, -0.05) is 56.3 Å². The van der Waals surface area contributed by atoms with Gasteiger partial charge in [0.05, 0.1) is 36.2 Å². The number of carbonyl (C=O) groups is 5. The minimum atomic E-state index is -2.23. The maximum atomic E-state index is 14.9. The van der Waals surface area contributed by atoms with Crippen LogP contribution in [-0.2, 0) is 33.3 Å². The van der Waals surface area contributed by atoms with Gasteiger partial charge in [0.25, 0.3) is 0 Å². The van der Waals surface area contributed by atoms with Crippen molar-refractivity contribution in [3.8, 4) is 5.75 Å². The smallest absolute Gasteiger partial charge is 0.338 e. The third kappa shape index (κ3) is 6.96. The number of aliphatic hydroxyl groups is 3. The standard InChI is InChI=1S/C47H50O13/c1-7-56-32-20-18-30(19-21-32)38(51)29-16-13-28(14-17-29)15-22-36(50)58-33-24-47(55)42(59-43(54)31-11-9-8-10-12-31)40-45(6,41(53)39(52)37(26(33)2)44(47,4)5)34(49)23-35-46(40,25-57-35)60-27(3)48/h8-22,33-35,39-40,42,49,52,55H,7,23-25H2,1-6H3/b22-15+/t33-,34-,35+,39+,40-,42-,45+,46-,47+/m0/s1. The Kier molecular flexibility index (Phi) is 11.3. The highest BCUT2D eigenvalue weighted by Gasteiger charge is 2.78. The maximum Gasteiger partial charge on any atom is 0.338 e. The lowest BCUT2D eigenvalue weighted by atomic mass is 9.44. The molecule has 2 saturated carbocycles. The van der Waals surface area contributed by atoms with Gasteiger partial charge < -0.3 is 39.0 Å². The van der Waals surface area contributed by atoms with E-state index in [1.54, 1.807) is 87.5 Å². The molecule has 0 amide bonds. The molecule has 3 fully saturated rings. The van der Waals surface area contributed by atoms with E-state index in [0.717, 1.165) is 0 Å². The molecule has 9 atom stereocenters. The molecule has 0 spiro atoms. The molecule has 0 unspecified atom stereocenters. The summed E-state index contributed by atoms with van der Waals surface area (Å²) in [7, 11) is 0. The van der Waals surface area contributed by atoms with E-state index in [9.17, 15) is 39.3 Å². The van der Waals surface area contributed by atoms with E-state index in [4.69, 9.17) is 23.7 Å². The van der Waals surface area contributed by atoms with E-state index in [2.05, 4.69) is 0 Å². The van der Waals surface area contributed by atoms with Crippen LogP contribution in [0.15, 0.2) is 96.1 Å². The molecule has 4 aliphatic rings. The molecule has 0 aromatic heterocycles. The van der Waals surface area contributed by atoms with Crippen molar-refractivity contribution in [3.63, 3.8) is 0 Å². The second-order valence-electron chi connectivity index (χ2n) is 16.8. The monoisotopic (exact) mass is 822 g/mol. The number of carbonyl (C=O) groups excluding carboxylic acids is 5. The maximum absolute atomic E-state index is 14.9. The second-order valence-corrected chi connectivity index (χ2v) is 16.8. The lowest BCUT2D eigenvalue weighted by Crippen LogP contribution is -2.81. The van der Waals surface area contributed by atoms with Crippen molar-refractivity contribution >= 4 is 35.6 Å². The number of esters is 3. The summed E-state index contributed by atoms with van der Waals surface area (Å²) < 4.78 is 29.6. The van der Waals surface area contributed by atoms with E-state index >= 15 is 0 Å². The summed E-state index contributed by atoms with van der Waals surface area (Å²) in [5.74, 6) is -4.26. The predicted octanol–water partition coefficient (Wildman–Crippen LogP) is 4.98. The largest absolute Gasteiger partial charge is 0.494 e. The minimum absolute atomic E-state index is 0.0389. The lowest BCUT2D eigenvalue weighted by molar-refractivity contribution is -0.345. The Morgan fingerprint density at radius 3 is 2.10 bits per heavy atom. The van der Waals surface area contributed by atoms with Gasteiger partial charge >= 0.3 is 17.9 Å². The first-order valence-corrected chi connectivity index (χ1v) is 20.1. The van der Waals surface area contributed by atoms with Gasteiger partial charge in [0.15, 0.2) is 17.2 Å².